The summed E-state index contributed by atoms with van der Waals surface area (Å²) in [6.45, 7) is -0.973. The highest BCUT2D eigenvalue weighted by Gasteiger charge is 2.02. The molecule has 0 atom stereocenters. The van der Waals surface area contributed by atoms with Crippen molar-refractivity contribution < 1.29 is 19.0 Å². The molecular weight excluding hydrogens is 165 g/mol. The van der Waals surface area contributed by atoms with Gasteiger partial charge in [-0.3, -0.25) is 0 Å². The molecule has 0 saturated heterocycles. The highest BCUT2D eigenvalue weighted by Crippen LogP contribution is 2.07. The minimum Gasteiger partial charge on any atom is -0.478 e. The summed E-state index contributed by atoms with van der Waals surface area (Å²) in [5, 5.41) is 8.45. The Bertz CT molecular complexity index is 272. The average Bonchev–Trinajstić information content (AvgIpc) is 2.06. The Labute approximate surface area is 67.6 Å². The van der Waals surface area contributed by atoms with E-state index in [2.05, 4.69) is 9.72 Å². The van der Waals surface area contributed by atoms with Crippen molar-refractivity contribution in [2.24, 2.45) is 0 Å². The van der Waals surface area contributed by atoms with Crippen molar-refractivity contribution in [3.05, 3.63) is 23.9 Å². The van der Waals surface area contributed by atoms with E-state index in [0.717, 1.165) is 6.20 Å². The van der Waals surface area contributed by atoms with E-state index in [1.165, 1.54) is 12.1 Å². The van der Waals surface area contributed by atoms with Gasteiger partial charge in [-0.25, -0.2) is 14.2 Å². The number of carboxylic acids is 1. The smallest absolute Gasteiger partial charge is 0.337 e. The lowest BCUT2D eigenvalue weighted by Gasteiger charge is -1.98. The molecule has 1 N–H and O–H groups in total. The van der Waals surface area contributed by atoms with Gasteiger partial charge < -0.3 is 9.84 Å². The number of alkyl halides is 1. The number of rotatable bonds is 3. The topological polar surface area (TPSA) is 59.4 Å². The highest BCUT2D eigenvalue weighted by molar-refractivity contribution is 5.87. The standard InChI is InChI=1S/C7H6FNO3/c8-4-12-6-2-1-5(3-9-6)7(10)11/h1-3H,4H2,(H,10,11). The van der Waals surface area contributed by atoms with Crippen LogP contribution in [0.25, 0.3) is 0 Å². The molecule has 0 aliphatic heterocycles. The van der Waals surface area contributed by atoms with Gasteiger partial charge >= 0.3 is 5.97 Å². The van der Waals surface area contributed by atoms with Gasteiger partial charge in [-0.2, -0.15) is 0 Å². The van der Waals surface area contributed by atoms with E-state index < -0.39 is 12.8 Å². The monoisotopic (exact) mass is 171 g/mol. The van der Waals surface area contributed by atoms with Crippen LogP contribution in [-0.4, -0.2) is 22.9 Å². The van der Waals surface area contributed by atoms with Crippen LogP contribution in [0.5, 0.6) is 5.88 Å². The van der Waals surface area contributed by atoms with E-state index in [0.29, 0.717) is 0 Å². The van der Waals surface area contributed by atoms with Crippen LogP contribution in [-0.2, 0) is 0 Å². The number of hydrogen-bond donors (Lipinski definition) is 1. The second-order valence-corrected chi connectivity index (χ2v) is 1.94. The Hall–Kier alpha value is -1.65. The van der Waals surface area contributed by atoms with Crippen LogP contribution in [0.3, 0.4) is 0 Å². The minimum atomic E-state index is -1.07. The maximum Gasteiger partial charge on any atom is 0.337 e. The zero-order chi connectivity index (χ0) is 8.97. The molecule has 1 heterocycles. The second kappa shape index (κ2) is 3.66. The number of pyridine rings is 1. The number of carboxylic acid groups (broad SMARTS) is 1. The van der Waals surface area contributed by atoms with Gasteiger partial charge in [0.25, 0.3) is 0 Å². The van der Waals surface area contributed by atoms with E-state index in [4.69, 9.17) is 5.11 Å². The van der Waals surface area contributed by atoms with Gasteiger partial charge in [0.1, 0.15) is 0 Å². The summed E-state index contributed by atoms with van der Waals surface area (Å²) in [5.74, 6) is -1.00. The lowest BCUT2D eigenvalue weighted by Crippen LogP contribution is -1.98. The Kier molecular flexibility index (Phi) is 2.57. The molecule has 1 aromatic heterocycles. The molecule has 5 heteroatoms. The maximum absolute atomic E-state index is 11.6. The number of carbonyl (C=O) groups is 1. The first-order chi connectivity index (χ1) is 5.74. The van der Waals surface area contributed by atoms with E-state index in [1.54, 1.807) is 0 Å². The predicted molar refractivity (Wildman–Crippen MR) is 37.8 cm³/mol. The van der Waals surface area contributed by atoms with Crippen LogP contribution in [0.1, 0.15) is 10.4 Å². The van der Waals surface area contributed by atoms with Gasteiger partial charge in [0, 0.05) is 12.3 Å². The van der Waals surface area contributed by atoms with E-state index in [-0.39, 0.29) is 11.4 Å². The molecule has 0 saturated carbocycles. The molecule has 0 radical (unpaired) electrons. The molecule has 0 aliphatic carbocycles. The van der Waals surface area contributed by atoms with Gasteiger partial charge in [-0.05, 0) is 6.07 Å². The van der Waals surface area contributed by atoms with Crippen molar-refractivity contribution in [2.75, 3.05) is 6.86 Å². The average molecular weight is 171 g/mol. The van der Waals surface area contributed by atoms with Gasteiger partial charge in [-0.15, -0.1) is 0 Å². The Morgan fingerprint density at radius 2 is 2.42 bits per heavy atom. The van der Waals surface area contributed by atoms with Crippen LogP contribution in [0.15, 0.2) is 18.3 Å². The van der Waals surface area contributed by atoms with Gasteiger partial charge in [0.05, 0.1) is 5.56 Å². The van der Waals surface area contributed by atoms with Crippen molar-refractivity contribution in [1.82, 2.24) is 4.98 Å². The van der Waals surface area contributed by atoms with Crippen molar-refractivity contribution in [3.63, 3.8) is 0 Å². The maximum atomic E-state index is 11.6. The summed E-state index contributed by atoms with van der Waals surface area (Å²) >= 11 is 0. The summed E-state index contributed by atoms with van der Waals surface area (Å²) in [4.78, 5) is 13.9. The Morgan fingerprint density at radius 1 is 1.67 bits per heavy atom. The number of ether oxygens (including phenoxy) is 1. The first-order valence-electron chi connectivity index (χ1n) is 3.12. The lowest BCUT2D eigenvalue weighted by molar-refractivity contribution is 0.0696. The third-order valence-corrected chi connectivity index (χ3v) is 1.19. The van der Waals surface area contributed by atoms with Crippen molar-refractivity contribution in [1.29, 1.82) is 0 Å². The number of aromatic carboxylic acids is 1. The normalized spacial score (nSPS) is 9.42. The predicted octanol–water partition coefficient (Wildman–Crippen LogP) is 1.09. The number of nitrogens with zero attached hydrogens (tertiary/aromatic N) is 1. The third-order valence-electron chi connectivity index (χ3n) is 1.19. The summed E-state index contributed by atoms with van der Waals surface area (Å²) in [6.07, 6.45) is 1.10. The number of aromatic nitrogens is 1. The molecule has 64 valence electrons. The van der Waals surface area contributed by atoms with E-state index in [9.17, 15) is 9.18 Å². The van der Waals surface area contributed by atoms with Gasteiger partial charge in [0.15, 0.2) is 0 Å². The van der Waals surface area contributed by atoms with Gasteiger partial charge in [-0.1, -0.05) is 0 Å². The molecule has 0 bridgehead atoms. The van der Waals surface area contributed by atoms with E-state index >= 15 is 0 Å². The first-order valence-corrected chi connectivity index (χ1v) is 3.12. The zero-order valence-corrected chi connectivity index (χ0v) is 6.03. The molecule has 0 amide bonds. The molecule has 12 heavy (non-hydrogen) atoms. The first kappa shape index (κ1) is 8.45. The fourth-order valence-corrected chi connectivity index (χ4v) is 0.648. The minimum absolute atomic E-state index is 0.0428. The number of hydrogen-bond acceptors (Lipinski definition) is 3. The summed E-state index contributed by atoms with van der Waals surface area (Å²) in [7, 11) is 0. The quantitative estimate of drug-likeness (QED) is 0.739. The summed E-state index contributed by atoms with van der Waals surface area (Å²) in [6, 6.07) is 2.59. The Morgan fingerprint density at radius 3 is 2.83 bits per heavy atom. The summed E-state index contributed by atoms with van der Waals surface area (Å²) < 4.78 is 15.9. The molecule has 0 spiro atoms. The van der Waals surface area contributed by atoms with Crippen LogP contribution in [0.4, 0.5) is 4.39 Å². The fourth-order valence-electron chi connectivity index (χ4n) is 0.648. The number of halogens is 1. The molecule has 1 rings (SSSR count). The SMILES string of the molecule is O=C(O)c1ccc(OCF)nc1. The van der Waals surface area contributed by atoms with Gasteiger partial charge in [0.2, 0.25) is 12.7 Å². The largest absolute Gasteiger partial charge is 0.478 e. The summed E-state index contributed by atoms with van der Waals surface area (Å²) in [5.41, 5.74) is 0.0428. The van der Waals surface area contributed by atoms with Crippen LogP contribution in [0.2, 0.25) is 0 Å². The van der Waals surface area contributed by atoms with Crippen molar-refractivity contribution in [3.8, 4) is 5.88 Å². The van der Waals surface area contributed by atoms with Crippen LogP contribution < -0.4 is 4.74 Å². The molecule has 1 aromatic rings. The molecule has 0 fully saturated rings. The molecule has 0 aromatic carbocycles. The molecular formula is C7H6FNO3. The van der Waals surface area contributed by atoms with Crippen LogP contribution in [0, 0.1) is 0 Å². The van der Waals surface area contributed by atoms with E-state index in [1.807, 2.05) is 0 Å². The molecule has 0 unspecified atom stereocenters. The third kappa shape index (κ3) is 1.91. The molecule has 0 aliphatic rings. The second-order valence-electron chi connectivity index (χ2n) is 1.94. The fraction of sp³-hybridized carbons (Fsp3) is 0.143. The zero-order valence-electron chi connectivity index (χ0n) is 6.03. The van der Waals surface area contributed by atoms with Crippen LogP contribution >= 0.6 is 0 Å². The Balaban J connectivity index is 2.78. The lowest BCUT2D eigenvalue weighted by atomic mass is 10.3. The highest BCUT2D eigenvalue weighted by atomic mass is 19.1. The molecule has 4 nitrogen and oxygen atoms in total. The van der Waals surface area contributed by atoms with Crippen molar-refractivity contribution >= 4 is 5.97 Å². The van der Waals surface area contributed by atoms with Crippen molar-refractivity contribution in [2.45, 2.75) is 0 Å².